The molecule has 6 heteroatoms. The first-order valence-electron chi connectivity index (χ1n) is 8.46. The molecular weight excluding hydrogens is 298 g/mol. The van der Waals surface area contributed by atoms with E-state index in [9.17, 15) is 4.79 Å². The molecule has 0 aromatic carbocycles. The van der Waals surface area contributed by atoms with Crippen molar-refractivity contribution in [3.05, 3.63) is 0 Å². The summed E-state index contributed by atoms with van der Waals surface area (Å²) in [5, 5.41) is 0. The molecule has 0 bridgehead atoms. The fourth-order valence-corrected chi connectivity index (χ4v) is 3.79. The number of piperazine rings is 1. The first-order chi connectivity index (χ1) is 10.7. The minimum atomic E-state index is 0.198. The Morgan fingerprint density at radius 2 is 1.91 bits per heavy atom. The van der Waals surface area contributed by atoms with Crippen LogP contribution in [0.5, 0.6) is 0 Å². The highest BCUT2D eigenvalue weighted by Gasteiger charge is 2.30. The van der Waals surface area contributed by atoms with Gasteiger partial charge in [-0.2, -0.15) is 11.8 Å². The number of amides is 1. The van der Waals surface area contributed by atoms with Crippen LogP contribution in [0, 0.1) is 5.92 Å². The van der Waals surface area contributed by atoms with Crippen molar-refractivity contribution < 1.29 is 9.53 Å². The van der Waals surface area contributed by atoms with Crippen molar-refractivity contribution in [1.29, 1.82) is 0 Å². The standard InChI is InChI=1S/C16H31N3O2S/c1-21-12-10-18-5-3-4-15(14-18)16(20)19-8-6-17(7-9-19)11-13-22-2/h15H,3-14H2,1-2H3/t15-/m0/s1. The number of ether oxygens (including phenoxy) is 1. The van der Waals surface area contributed by atoms with E-state index >= 15 is 0 Å². The number of carbonyl (C=O) groups is 1. The van der Waals surface area contributed by atoms with Crippen molar-refractivity contribution in [3.63, 3.8) is 0 Å². The fraction of sp³-hybridized carbons (Fsp3) is 0.938. The van der Waals surface area contributed by atoms with E-state index in [-0.39, 0.29) is 5.92 Å². The molecule has 0 unspecified atom stereocenters. The summed E-state index contributed by atoms with van der Waals surface area (Å²) in [5.74, 6) is 1.76. The van der Waals surface area contributed by atoms with Crippen LogP contribution in [0.1, 0.15) is 12.8 Å². The Hall–Kier alpha value is -0.300. The minimum absolute atomic E-state index is 0.198. The number of carbonyl (C=O) groups excluding carboxylic acids is 1. The Labute approximate surface area is 139 Å². The number of hydrogen-bond acceptors (Lipinski definition) is 5. The van der Waals surface area contributed by atoms with Crippen LogP contribution in [-0.2, 0) is 9.53 Å². The molecule has 1 amide bonds. The Morgan fingerprint density at radius 3 is 2.59 bits per heavy atom. The van der Waals surface area contributed by atoms with Crippen LogP contribution in [0.25, 0.3) is 0 Å². The number of rotatable bonds is 7. The van der Waals surface area contributed by atoms with E-state index in [1.807, 2.05) is 11.8 Å². The van der Waals surface area contributed by atoms with E-state index in [1.165, 1.54) is 5.75 Å². The van der Waals surface area contributed by atoms with Crippen molar-refractivity contribution in [3.8, 4) is 0 Å². The van der Waals surface area contributed by atoms with Gasteiger partial charge in [0, 0.05) is 58.7 Å². The normalized spacial score (nSPS) is 24.6. The third kappa shape index (κ3) is 5.41. The van der Waals surface area contributed by atoms with Crippen LogP contribution in [0.3, 0.4) is 0 Å². The molecule has 0 spiro atoms. The molecule has 2 fully saturated rings. The first-order valence-corrected chi connectivity index (χ1v) is 9.85. The lowest BCUT2D eigenvalue weighted by molar-refractivity contribution is -0.139. The molecule has 2 aliphatic heterocycles. The summed E-state index contributed by atoms with van der Waals surface area (Å²) in [5.41, 5.74) is 0. The SMILES string of the molecule is COCCN1CCC[C@H](C(=O)N2CCN(CCSC)CC2)C1. The summed E-state index contributed by atoms with van der Waals surface area (Å²) in [4.78, 5) is 19.7. The van der Waals surface area contributed by atoms with Gasteiger partial charge in [0.15, 0.2) is 0 Å². The predicted octanol–water partition coefficient (Wildman–Crippen LogP) is 0.852. The van der Waals surface area contributed by atoms with E-state index < -0.39 is 0 Å². The molecular formula is C16H31N3O2S. The highest BCUT2D eigenvalue weighted by atomic mass is 32.2. The van der Waals surface area contributed by atoms with Crippen LogP contribution in [0.4, 0.5) is 0 Å². The van der Waals surface area contributed by atoms with Gasteiger partial charge in [-0.25, -0.2) is 0 Å². The molecule has 2 aliphatic rings. The van der Waals surface area contributed by atoms with Gasteiger partial charge < -0.3 is 14.5 Å². The largest absolute Gasteiger partial charge is 0.383 e. The van der Waals surface area contributed by atoms with E-state index in [4.69, 9.17) is 4.74 Å². The smallest absolute Gasteiger partial charge is 0.227 e. The maximum absolute atomic E-state index is 12.7. The fourth-order valence-electron chi connectivity index (χ4n) is 3.35. The van der Waals surface area contributed by atoms with Crippen LogP contribution in [-0.4, -0.2) is 98.7 Å². The average molecular weight is 330 g/mol. The highest BCUT2D eigenvalue weighted by Crippen LogP contribution is 2.19. The van der Waals surface area contributed by atoms with Gasteiger partial charge in [0.05, 0.1) is 12.5 Å². The van der Waals surface area contributed by atoms with Gasteiger partial charge >= 0.3 is 0 Å². The Morgan fingerprint density at radius 1 is 1.14 bits per heavy atom. The monoisotopic (exact) mass is 329 g/mol. The Bertz CT molecular complexity index is 335. The van der Waals surface area contributed by atoms with Crippen molar-refractivity contribution in [2.75, 3.05) is 78.1 Å². The summed E-state index contributed by atoms with van der Waals surface area (Å²) in [6.45, 7) is 8.75. The average Bonchev–Trinajstić information content (AvgIpc) is 2.58. The molecule has 0 aliphatic carbocycles. The van der Waals surface area contributed by atoms with E-state index in [0.717, 1.165) is 71.8 Å². The van der Waals surface area contributed by atoms with Gasteiger partial charge in [-0.1, -0.05) is 0 Å². The molecule has 5 nitrogen and oxygen atoms in total. The quantitative estimate of drug-likeness (QED) is 0.692. The summed E-state index contributed by atoms with van der Waals surface area (Å²) < 4.78 is 5.16. The minimum Gasteiger partial charge on any atom is -0.383 e. The van der Waals surface area contributed by atoms with Crippen LogP contribution in [0.2, 0.25) is 0 Å². The van der Waals surface area contributed by atoms with Gasteiger partial charge in [0.25, 0.3) is 0 Å². The molecule has 0 saturated carbocycles. The number of thioether (sulfide) groups is 1. The second-order valence-electron chi connectivity index (χ2n) is 6.29. The number of piperidine rings is 1. The molecule has 2 heterocycles. The van der Waals surface area contributed by atoms with Crippen LogP contribution >= 0.6 is 11.8 Å². The summed E-state index contributed by atoms with van der Waals surface area (Å²) >= 11 is 1.89. The predicted molar refractivity (Wildman–Crippen MR) is 92.4 cm³/mol. The molecule has 2 rings (SSSR count). The van der Waals surface area contributed by atoms with Gasteiger partial charge in [0.2, 0.25) is 5.91 Å². The zero-order valence-electron chi connectivity index (χ0n) is 14.1. The molecule has 2 saturated heterocycles. The summed E-state index contributed by atoms with van der Waals surface area (Å²) in [6, 6.07) is 0. The molecule has 0 aromatic rings. The maximum atomic E-state index is 12.7. The zero-order chi connectivity index (χ0) is 15.8. The Balaban J connectivity index is 1.74. The number of hydrogen-bond donors (Lipinski definition) is 0. The van der Waals surface area contributed by atoms with Gasteiger partial charge in [-0.05, 0) is 25.6 Å². The van der Waals surface area contributed by atoms with E-state index in [1.54, 1.807) is 7.11 Å². The number of nitrogens with zero attached hydrogens (tertiary/aromatic N) is 3. The van der Waals surface area contributed by atoms with Crippen molar-refractivity contribution in [1.82, 2.24) is 14.7 Å². The van der Waals surface area contributed by atoms with Gasteiger partial charge in [-0.3, -0.25) is 9.69 Å². The lowest BCUT2D eigenvalue weighted by Crippen LogP contribution is -2.53. The van der Waals surface area contributed by atoms with Crippen molar-refractivity contribution >= 4 is 17.7 Å². The highest BCUT2D eigenvalue weighted by molar-refractivity contribution is 7.98. The van der Waals surface area contributed by atoms with E-state index in [0.29, 0.717) is 5.91 Å². The van der Waals surface area contributed by atoms with Crippen molar-refractivity contribution in [2.24, 2.45) is 5.92 Å². The summed E-state index contributed by atoms with van der Waals surface area (Å²) in [7, 11) is 1.74. The lowest BCUT2D eigenvalue weighted by atomic mass is 9.96. The molecule has 1 atom stereocenters. The summed E-state index contributed by atoms with van der Waals surface area (Å²) in [6.07, 6.45) is 4.33. The van der Waals surface area contributed by atoms with Crippen LogP contribution in [0.15, 0.2) is 0 Å². The van der Waals surface area contributed by atoms with Crippen molar-refractivity contribution in [2.45, 2.75) is 12.8 Å². The van der Waals surface area contributed by atoms with E-state index in [2.05, 4.69) is 21.0 Å². The number of likely N-dealkylation sites (tertiary alicyclic amines) is 1. The second kappa shape index (κ2) is 9.75. The van der Waals surface area contributed by atoms with Gasteiger partial charge in [-0.15, -0.1) is 0 Å². The second-order valence-corrected chi connectivity index (χ2v) is 7.28. The topological polar surface area (TPSA) is 36.0 Å². The molecule has 128 valence electrons. The first kappa shape index (κ1) is 18.0. The third-order valence-electron chi connectivity index (χ3n) is 4.76. The molecule has 0 radical (unpaired) electrons. The molecule has 22 heavy (non-hydrogen) atoms. The maximum Gasteiger partial charge on any atom is 0.227 e. The van der Waals surface area contributed by atoms with Gasteiger partial charge in [0.1, 0.15) is 0 Å². The number of methoxy groups -OCH3 is 1. The molecule has 0 N–H and O–H groups in total. The van der Waals surface area contributed by atoms with Crippen LogP contribution < -0.4 is 0 Å². The zero-order valence-corrected chi connectivity index (χ0v) is 14.9. The third-order valence-corrected chi connectivity index (χ3v) is 5.35. The molecule has 0 aromatic heterocycles. The lowest BCUT2D eigenvalue weighted by Gasteiger charge is -2.39. The Kier molecular flexibility index (Phi) is 8.00.